The third-order valence-electron chi connectivity index (χ3n) is 4.31. The number of methoxy groups -OCH3 is 1. The van der Waals surface area contributed by atoms with Crippen LogP contribution in [0.15, 0.2) is 17.0 Å². The Labute approximate surface area is 137 Å². The Bertz CT molecular complexity index is 638. The van der Waals surface area contributed by atoms with E-state index in [1.807, 2.05) is 6.92 Å². The highest BCUT2D eigenvalue weighted by atomic mass is 35.5. The first-order valence-electron chi connectivity index (χ1n) is 7.37. The van der Waals surface area contributed by atoms with Gasteiger partial charge >= 0.3 is 0 Å². The highest BCUT2D eigenvalue weighted by Gasteiger charge is 2.31. The SMILES string of the molecule is COc1cc(C)c(S(=O)(=O)N2CCC(C(C)N)CC2)cc1Cl. The number of aryl methyl sites for hydroxylation is 1. The van der Waals surface area contributed by atoms with E-state index in [0.29, 0.717) is 35.3 Å². The van der Waals surface area contributed by atoms with Crippen LogP contribution in [0, 0.1) is 12.8 Å². The number of nitrogens with two attached hydrogens (primary N) is 1. The second-order valence-corrected chi connectivity index (χ2v) is 8.17. The summed E-state index contributed by atoms with van der Waals surface area (Å²) < 4.78 is 32.3. The van der Waals surface area contributed by atoms with E-state index in [-0.39, 0.29) is 10.9 Å². The number of benzene rings is 1. The lowest BCUT2D eigenvalue weighted by Crippen LogP contribution is -2.42. The quantitative estimate of drug-likeness (QED) is 0.908. The number of rotatable bonds is 4. The molecule has 7 heteroatoms. The van der Waals surface area contributed by atoms with Crippen LogP contribution in [0.25, 0.3) is 0 Å². The normalized spacial score (nSPS) is 19.1. The van der Waals surface area contributed by atoms with Gasteiger partial charge in [0.15, 0.2) is 0 Å². The van der Waals surface area contributed by atoms with Crippen molar-refractivity contribution in [3.63, 3.8) is 0 Å². The topological polar surface area (TPSA) is 72.6 Å². The molecule has 1 aliphatic heterocycles. The fourth-order valence-electron chi connectivity index (χ4n) is 2.85. The van der Waals surface area contributed by atoms with E-state index in [2.05, 4.69) is 0 Å². The standard InChI is InChI=1S/C15H23ClN2O3S/c1-10-8-14(21-3)13(16)9-15(10)22(19,20)18-6-4-12(5-7-18)11(2)17/h8-9,11-12H,4-7,17H2,1-3H3. The van der Waals surface area contributed by atoms with Crippen LogP contribution in [0.2, 0.25) is 5.02 Å². The minimum atomic E-state index is -3.54. The van der Waals surface area contributed by atoms with Crippen LogP contribution in [-0.2, 0) is 10.0 Å². The molecule has 1 heterocycles. The van der Waals surface area contributed by atoms with Crippen molar-refractivity contribution in [2.45, 2.75) is 37.6 Å². The fourth-order valence-corrected chi connectivity index (χ4v) is 4.86. The molecule has 1 aromatic carbocycles. The molecule has 1 aromatic rings. The number of nitrogens with zero attached hydrogens (tertiary/aromatic N) is 1. The molecule has 0 saturated carbocycles. The van der Waals surface area contributed by atoms with Crippen molar-refractivity contribution in [1.82, 2.24) is 4.31 Å². The zero-order valence-corrected chi connectivity index (χ0v) is 14.7. The molecular formula is C15H23ClN2O3S. The van der Waals surface area contributed by atoms with Crippen LogP contribution in [0.4, 0.5) is 0 Å². The number of sulfonamides is 1. The Hall–Kier alpha value is -0.820. The summed E-state index contributed by atoms with van der Waals surface area (Å²) in [5.41, 5.74) is 6.54. The zero-order chi connectivity index (χ0) is 16.5. The summed E-state index contributed by atoms with van der Waals surface area (Å²) in [6.07, 6.45) is 1.58. The highest BCUT2D eigenvalue weighted by molar-refractivity contribution is 7.89. The number of hydrogen-bond acceptors (Lipinski definition) is 4. The lowest BCUT2D eigenvalue weighted by atomic mass is 9.92. The van der Waals surface area contributed by atoms with Gasteiger partial charge in [-0.3, -0.25) is 0 Å². The number of hydrogen-bond donors (Lipinski definition) is 1. The van der Waals surface area contributed by atoms with Crippen LogP contribution in [0.5, 0.6) is 5.75 Å². The molecular weight excluding hydrogens is 324 g/mol. The molecule has 0 amide bonds. The molecule has 2 rings (SSSR count). The number of ether oxygens (including phenoxy) is 1. The third-order valence-corrected chi connectivity index (χ3v) is 6.65. The molecule has 0 spiro atoms. The van der Waals surface area contributed by atoms with Crippen LogP contribution in [0.1, 0.15) is 25.3 Å². The Morgan fingerprint density at radius 3 is 2.45 bits per heavy atom. The van der Waals surface area contributed by atoms with Gasteiger partial charge < -0.3 is 10.5 Å². The van der Waals surface area contributed by atoms with Gasteiger partial charge in [-0.15, -0.1) is 0 Å². The highest BCUT2D eigenvalue weighted by Crippen LogP contribution is 2.33. The van der Waals surface area contributed by atoms with Crippen molar-refractivity contribution in [2.24, 2.45) is 11.7 Å². The lowest BCUT2D eigenvalue weighted by molar-refractivity contribution is 0.250. The van der Waals surface area contributed by atoms with Crippen molar-refractivity contribution in [3.05, 3.63) is 22.7 Å². The molecule has 0 radical (unpaired) electrons. The Morgan fingerprint density at radius 2 is 1.95 bits per heavy atom. The van der Waals surface area contributed by atoms with Crippen molar-refractivity contribution >= 4 is 21.6 Å². The molecule has 124 valence electrons. The van der Waals surface area contributed by atoms with Gasteiger partial charge in [-0.25, -0.2) is 8.42 Å². The minimum absolute atomic E-state index is 0.0991. The van der Waals surface area contributed by atoms with Crippen LogP contribution < -0.4 is 10.5 Å². The molecule has 5 nitrogen and oxygen atoms in total. The van der Waals surface area contributed by atoms with E-state index in [0.717, 1.165) is 12.8 Å². The first kappa shape index (κ1) is 17.5. The summed E-state index contributed by atoms with van der Waals surface area (Å²) in [4.78, 5) is 0.248. The number of piperidine rings is 1. The summed E-state index contributed by atoms with van der Waals surface area (Å²) in [5.74, 6) is 0.862. The molecule has 0 aliphatic carbocycles. The molecule has 1 aliphatic rings. The minimum Gasteiger partial charge on any atom is -0.495 e. The van der Waals surface area contributed by atoms with Crippen LogP contribution >= 0.6 is 11.6 Å². The van der Waals surface area contributed by atoms with E-state index < -0.39 is 10.0 Å². The van der Waals surface area contributed by atoms with E-state index in [1.165, 1.54) is 17.5 Å². The molecule has 1 saturated heterocycles. The maximum absolute atomic E-state index is 12.8. The fraction of sp³-hybridized carbons (Fsp3) is 0.600. The van der Waals surface area contributed by atoms with Gasteiger partial charge in [-0.2, -0.15) is 4.31 Å². The van der Waals surface area contributed by atoms with Crippen molar-refractivity contribution in [3.8, 4) is 5.75 Å². The van der Waals surface area contributed by atoms with Gasteiger partial charge in [0.2, 0.25) is 10.0 Å². The molecule has 2 N–H and O–H groups in total. The van der Waals surface area contributed by atoms with E-state index in [1.54, 1.807) is 13.0 Å². The first-order chi connectivity index (χ1) is 10.3. The lowest BCUT2D eigenvalue weighted by Gasteiger charge is -2.33. The Morgan fingerprint density at radius 1 is 1.36 bits per heavy atom. The average molecular weight is 347 g/mol. The predicted molar refractivity (Wildman–Crippen MR) is 87.9 cm³/mol. The van der Waals surface area contributed by atoms with Gasteiger partial charge in [-0.05, 0) is 50.3 Å². The Balaban J connectivity index is 2.27. The van der Waals surface area contributed by atoms with Crippen LogP contribution in [-0.4, -0.2) is 39.0 Å². The summed E-state index contributed by atoms with van der Waals surface area (Å²) in [7, 11) is -2.03. The summed E-state index contributed by atoms with van der Waals surface area (Å²) in [6.45, 7) is 4.72. The summed E-state index contributed by atoms with van der Waals surface area (Å²) in [6, 6.07) is 3.23. The molecule has 0 aromatic heterocycles. The first-order valence-corrected chi connectivity index (χ1v) is 9.19. The maximum Gasteiger partial charge on any atom is 0.243 e. The molecule has 1 unspecified atom stereocenters. The summed E-state index contributed by atoms with van der Waals surface area (Å²) >= 11 is 6.09. The molecule has 0 bridgehead atoms. The monoisotopic (exact) mass is 346 g/mol. The zero-order valence-electron chi connectivity index (χ0n) is 13.2. The maximum atomic E-state index is 12.8. The smallest absolute Gasteiger partial charge is 0.243 e. The number of halogens is 1. The van der Waals surface area contributed by atoms with Gasteiger partial charge in [0.25, 0.3) is 0 Å². The second kappa shape index (κ2) is 6.74. The third kappa shape index (κ3) is 3.40. The Kier molecular flexibility index (Phi) is 5.37. The molecule has 22 heavy (non-hydrogen) atoms. The molecule has 1 atom stereocenters. The van der Waals surface area contributed by atoms with Gasteiger partial charge in [0.1, 0.15) is 5.75 Å². The van der Waals surface area contributed by atoms with Crippen molar-refractivity contribution < 1.29 is 13.2 Å². The average Bonchev–Trinajstić information content (AvgIpc) is 2.49. The van der Waals surface area contributed by atoms with Gasteiger partial charge in [-0.1, -0.05) is 11.6 Å². The van der Waals surface area contributed by atoms with E-state index in [4.69, 9.17) is 22.1 Å². The molecule has 1 fully saturated rings. The predicted octanol–water partition coefficient (Wildman–Crippen LogP) is 2.40. The van der Waals surface area contributed by atoms with Crippen LogP contribution in [0.3, 0.4) is 0 Å². The van der Waals surface area contributed by atoms with Crippen molar-refractivity contribution in [2.75, 3.05) is 20.2 Å². The van der Waals surface area contributed by atoms with E-state index in [9.17, 15) is 8.42 Å². The summed E-state index contributed by atoms with van der Waals surface area (Å²) in [5, 5.41) is 0.303. The second-order valence-electron chi connectivity index (χ2n) is 5.85. The van der Waals surface area contributed by atoms with Gasteiger partial charge in [0.05, 0.1) is 17.0 Å². The van der Waals surface area contributed by atoms with Gasteiger partial charge in [0, 0.05) is 19.1 Å². The largest absolute Gasteiger partial charge is 0.495 e. The van der Waals surface area contributed by atoms with Crippen molar-refractivity contribution in [1.29, 1.82) is 0 Å². The van der Waals surface area contributed by atoms with E-state index >= 15 is 0 Å².